The van der Waals surface area contributed by atoms with Crippen LogP contribution in [0.25, 0.3) is 0 Å². The van der Waals surface area contributed by atoms with Crippen molar-refractivity contribution in [2.45, 2.75) is 19.4 Å². The summed E-state index contributed by atoms with van der Waals surface area (Å²) >= 11 is 0. The van der Waals surface area contributed by atoms with Crippen molar-refractivity contribution in [3.05, 3.63) is 0 Å². The summed E-state index contributed by atoms with van der Waals surface area (Å²) in [7, 11) is 0. The SMILES string of the molecule is CC[C@@H](NC(=O)CN)C(N)=O. The molecule has 5 N–H and O–H groups in total. The Hall–Kier alpha value is -1.10. The Labute approximate surface area is 65.1 Å². The summed E-state index contributed by atoms with van der Waals surface area (Å²) in [4.78, 5) is 21.2. The Morgan fingerprint density at radius 2 is 2.09 bits per heavy atom. The summed E-state index contributed by atoms with van der Waals surface area (Å²) in [5.74, 6) is -0.898. The lowest BCUT2D eigenvalue weighted by atomic mass is 10.2. The van der Waals surface area contributed by atoms with Crippen molar-refractivity contribution >= 4 is 11.8 Å². The van der Waals surface area contributed by atoms with Gasteiger partial charge in [-0.3, -0.25) is 9.59 Å². The molecule has 0 saturated heterocycles. The van der Waals surface area contributed by atoms with Gasteiger partial charge in [0.25, 0.3) is 0 Å². The predicted octanol–water partition coefficient (Wildman–Crippen LogP) is -1.67. The third kappa shape index (κ3) is 3.57. The van der Waals surface area contributed by atoms with Crippen LogP contribution in [0.4, 0.5) is 0 Å². The van der Waals surface area contributed by atoms with E-state index in [4.69, 9.17) is 11.5 Å². The zero-order chi connectivity index (χ0) is 8.85. The van der Waals surface area contributed by atoms with Crippen molar-refractivity contribution in [1.82, 2.24) is 5.32 Å². The zero-order valence-corrected chi connectivity index (χ0v) is 6.46. The molecule has 0 aliphatic heterocycles. The molecule has 5 heteroatoms. The normalized spacial score (nSPS) is 12.2. The molecule has 0 saturated carbocycles. The molecule has 0 aliphatic carbocycles. The summed E-state index contributed by atoms with van der Waals surface area (Å²) in [5, 5.41) is 2.38. The molecular formula is C6H13N3O2. The highest BCUT2D eigenvalue weighted by molar-refractivity contribution is 5.87. The molecule has 0 radical (unpaired) electrons. The molecule has 0 fully saturated rings. The Morgan fingerprint density at radius 1 is 1.55 bits per heavy atom. The van der Waals surface area contributed by atoms with Gasteiger partial charge in [0.2, 0.25) is 11.8 Å². The van der Waals surface area contributed by atoms with E-state index < -0.39 is 11.9 Å². The topological polar surface area (TPSA) is 98.2 Å². The van der Waals surface area contributed by atoms with Gasteiger partial charge in [0.05, 0.1) is 6.54 Å². The molecule has 2 amide bonds. The van der Waals surface area contributed by atoms with Crippen LogP contribution in [-0.2, 0) is 9.59 Å². The van der Waals surface area contributed by atoms with Crippen molar-refractivity contribution in [1.29, 1.82) is 0 Å². The molecule has 1 atom stereocenters. The minimum atomic E-state index is -0.592. The lowest BCUT2D eigenvalue weighted by Gasteiger charge is -2.11. The van der Waals surface area contributed by atoms with Gasteiger partial charge < -0.3 is 16.8 Å². The van der Waals surface area contributed by atoms with Crippen molar-refractivity contribution in [3.63, 3.8) is 0 Å². The Kier molecular flexibility index (Phi) is 4.21. The molecule has 5 nitrogen and oxygen atoms in total. The molecule has 11 heavy (non-hydrogen) atoms. The van der Waals surface area contributed by atoms with Gasteiger partial charge in [-0.1, -0.05) is 6.92 Å². The summed E-state index contributed by atoms with van der Waals surface area (Å²) < 4.78 is 0. The molecular weight excluding hydrogens is 146 g/mol. The van der Waals surface area contributed by atoms with Gasteiger partial charge in [-0.2, -0.15) is 0 Å². The molecule has 0 spiro atoms. The predicted molar refractivity (Wildman–Crippen MR) is 40.5 cm³/mol. The van der Waals surface area contributed by atoms with Crippen molar-refractivity contribution in [2.75, 3.05) is 6.54 Å². The summed E-state index contributed by atoms with van der Waals surface area (Å²) in [6.45, 7) is 1.63. The number of carbonyl (C=O) groups is 2. The second-order valence-electron chi connectivity index (χ2n) is 2.13. The summed E-state index contributed by atoms with van der Waals surface area (Å²) in [6.07, 6.45) is 0.487. The van der Waals surface area contributed by atoms with E-state index >= 15 is 0 Å². The summed E-state index contributed by atoms with van der Waals surface area (Å²) in [6, 6.07) is -0.592. The van der Waals surface area contributed by atoms with Crippen LogP contribution >= 0.6 is 0 Å². The highest BCUT2D eigenvalue weighted by Crippen LogP contribution is 1.87. The van der Waals surface area contributed by atoms with Crippen LogP contribution in [0, 0.1) is 0 Å². The van der Waals surface area contributed by atoms with Crippen LogP contribution in [0.1, 0.15) is 13.3 Å². The van der Waals surface area contributed by atoms with E-state index in [0.29, 0.717) is 6.42 Å². The fourth-order valence-electron chi connectivity index (χ4n) is 0.628. The van der Waals surface area contributed by atoms with Crippen LogP contribution in [0.3, 0.4) is 0 Å². The lowest BCUT2D eigenvalue weighted by Crippen LogP contribution is -2.46. The molecule has 0 aromatic carbocycles. The second kappa shape index (κ2) is 4.68. The number of rotatable bonds is 4. The molecule has 0 rings (SSSR count). The molecule has 0 unspecified atom stereocenters. The molecule has 0 aromatic rings. The number of primary amides is 1. The highest BCUT2D eigenvalue weighted by atomic mass is 16.2. The maximum atomic E-state index is 10.6. The van der Waals surface area contributed by atoms with E-state index in [1.165, 1.54) is 0 Å². The van der Waals surface area contributed by atoms with E-state index in [0.717, 1.165) is 0 Å². The fraction of sp³-hybridized carbons (Fsp3) is 0.667. The number of carbonyl (C=O) groups excluding carboxylic acids is 2. The maximum Gasteiger partial charge on any atom is 0.239 e. The first-order valence-electron chi connectivity index (χ1n) is 3.40. The van der Waals surface area contributed by atoms with Crippen molar-refractivity contribution < 1.29 is 9.59 Å². The van der Waals surface area contributed by atoms with Gasteiger partial charge in [0, 0.05) is 0 Å². The average Bonchev–Trinajstić information content (AvgIpc) is 1.99. The first-order chi connectivity index (χ1) is 5.11. The smallest absolute Gasteiger partial charge is 0.239 e. The zero-order valence-electron chi connectivity index (χ0n) is 6.46. The number of amides is 2. The van der Waals surface area contributed by atoms with E-state index in [1.807, 2.05) is 0 Å². The number of nitrogens with one attached hydrogen (secondary N) is 1. The van der Waals surface area contributed by atoms with Gasteiger partial charge in [0.1, 0.15) is 6.04 Å². The van der Waals surface area contributed by atoms with E-state index in [1.54, 1.807) is 6.92 Å². The van der Waals surface area contributed by atoms with Gasteiger partial charge in [-0.05, 0) is 6.42 Å². The van der Waals surface area contributed by atoms with Crippen molar-refractivity contribution in [2.24, 2.45) is 11.5 Å². The monoisotopic (exact) mass is 159 g/mol. The van der Waals surface area contributed by atoms with Crippen LogP contribution < -0.4 is 16.8 Å². The van der Waals surface area contributed by atoms with E-state index in [2.05, 4.69) is 5.32 Å². The molecule has 64 valence electrons. The third-order valence-corrected chi connectivity index (χ3v) is 1.27. The van der Waals surface area contributed by atoms with Gasteiger partial charge in [-0.15, -0.1) is 0 Å². The second-order valence-corrected chi connectivity index (χ2v) is 2.13. The van der Waals surface area contributed by atoms with Crippen LogP contribution in [-0.4, -0.2) is 24.4 Å². The molecule has 0 aromatic heterocycles. The Bertz CT molecular complexity index is 158. The van der Waals surface area contributed by atoms with E-state index in [9.17, 15) is 9.59 Å². The van der Waals surface area contributed by atoms with Crippen LogP contribution in [0.5, 0.6) is 0 Å². The Balaban J connectivity index is 3.88. The average molecular weight is 159 g/mol. The van der Waals surface area contributed by atoms with Gasteiger partial charge in [-0.25, -0.2) is 0 Å². The van der Waals surface area contributed by atoms with Crippen molar-refractivity contribution in [3.8, 4) is 0 Å². The van der Waals surface area contributed by atoms with Crippen LogP contribution in [0.2, 0.25) is 0 Å². The first kappa shape index (κ1) is 9.90. The van der Waals surface area contributed by atoms with Crippen LogP contribution in [0.15, 0.2) is 0 Å². The third-order valence-electron chi connectivity index (χ3n) is 1.27. The summed E-state index contributed by atoms with van der Waals surface area (Å²) in [5.41, 5.74) is 9.97. The highest BCUT2D eigenvalue weighted by Gasteiger charge is 2.13. The number of nitrogens with two attached hydrogens (primary N) is 2. The first-order valence-corrected chi connectivity index (χ1v) is 3.40. The number of hydrogen-bond acceptors (Lipinski definition) is 3. The number of hydrogen-bond donors (Lipinski definition) is 3. The minimum Gasteiger partial charge on any atom is -0.368 e. The van der Waals surface area contributed by atoms with E-state index in [-0.39, 0.29) is 12.5 Å². The fourth-order valence-corrected chi connectivity index (χ4v) is 0.628. The Morgan fingerprint density at radius 3 is 2.36 bits per heavy atom. The largest absolute Gasteiger partial charge is 0.368 e. The van der Waals surface area contributed by atoms with Gasteiger partial charge in [0.15, 0.2) is 0 Å². The van der Waals surface area contributed by atoms with Gasteiger partial charge >= 0.3 is 0 Å². The lowest BCUT2D eigenvalue weighted by molar-refractivity contribution is -0.126. The minimum absolute atomic E-state index is 0.121. The molecule has 0 aliphatic rings. The quantitative estimate of drug-likeness (QED) is 0.457. The standard InChI is InChI=1S/C6H13N3O2/c1-2-4(6(8)11)9-5(10)3-7/h4H,2-3,7H2,1H3,(H2,8,11)(H,9,10)/t4-/m1/s1. The maximum absolute atomic E-state index is 10.6. The molecule has 0 bridgehead atoms. The molecule has 0 heterocycles.